The Labute approximate surface area is 114 Å². The van der Waals surface area contributed by atoms with Gasteiger partial charge in [-0.3, -0.25) is 0 Å². The lowest BCUT2D eigenvalue weighted by atomic mass is 10.0. The van der Waals surface area contributed by atoms with Gasteiger partial charge in [0.05, 0.1) is 11.4 Å². The summed E-state index contributed by atoms with van der Waals surface area (Å²) in [4.78, 5) is 0. The molecule has 0 saturated heterocycles. The van der Waals surface area contributed by atoms with Gasteiger partial charge in [0.1, 0.15) is 0 Å². The molecule has 0 aliphatic heterocycles. The number of nitrogens with zero attached hydrogens (tertiary/aromatic N) is 2. The molecule has 1 N–H and O–H groups in total. The molecule has 3 heteroatoms. The van der Waals surface area contributed by atoms with E-state index in [9.17, 15) is 5.11 Å². The van der Waals surface area contributed by atoms with Gasteiger partial charge >= 0.3 is 0 Å². The molecule has 2 aromatic rings. The Hall–Kier alpha value is -1.77. The van der Waals surface area contributed by atoms with Crippen LogP contribution in [0, 0.1) is 12.8 Å². The maximum absolute atomic E-state index is 10.5. The topological polar surface area (TPSA) is 38.0 Å². The van der Waals surface area contributed by atoms with Crippen molar-refractivity contribution in [1.29, 1.82) is 0 Å². The van der Waals surface area contributed by atoms with Gasteiger partial charge in [0.2, 0.25) is 5.88 Å². The van der Waals surface area contributed by atoms with Crippen molar-refractivity contribution in [2.45, 2.75) is 40.5 Å². The van der Waals surface area contributed by atoms with Crippen LogP contribution < -0.4 is 0 Å². The molecule has 102 valence electrons. The predicted octanol–water partition coefficient (Wildman–Crippen LogP) is 3.65. The maximum Gasteiger partial charge on any atom is 0.217 e. The van der Waals surface area contributed by atoms with Crippen LogP contribution in [0.25, 0.3) is 5.69 Å². The van der Waals surface area contributed by atoms with Crippen molar-refractivity contribution in [2.24, 2.45) is 5.92 Å². The van der Waals surface area contributed by atoms with Crippen molar-refractivity contribution >= 4 is 0 Å². The van der Waals surface area contributed by atoms with E-state index in [1.54, 1.807) is 4.68 Å². The summed E-state index contributed by atoms with van der Waals surface area (Å²) >= 11 is 0. The van der Waals surface area contributed by atoms with E-state index in [4.69, 9.17) is 0 Å². The van der Waals surface area contributed by atoms with Gasteiger partial charge < -0.3 is 5.11 Å². The first-order valence-corrected chi connectivity index (χ1v) is 6.90. The van der Waals surface area contributed by atoms with Crippen molar-refractivity contribution in [3.63, 3.8) is 0 Å². The zero-order chi connectivity index (χ0) is 14.0. The van der Waals surface area contributed by atoms with Crippen LogP contribution in [0.5, 0.6) is 5.88 Å². The van der Waals surface area contributed by atoms with Crippen LogP contribution in [0.15, 0.2) is 24.3 Å². The Balaban J connectivity index is 2.54. The number of aryl methyl sites for hydroxylation is 2. The maximum atomic E-state index is 10.5. The number of aromatic nitrogens is 2. The number of benzene rings is 1. The molecule has 0 fully saturated rings. The van der Waals surface area contributed by atoms with Crippen molar-refractivity contribution in [3.05, 3.63) is 41.1 Å². The SMILES string of the molecule is CCc1nn(-c2ccccc2C)c(O)c1CC(C)C. The minimum atomic E-state index is 0.292. The van der Waals surface area contributed by atoms with Gasteiger partial charge in [0.25, 0.3) is 0 Å². The predicted molar refractivity (Wildman–Crippen MR) is 77.9 cm³/mol. The first-order valence-electron chi connectivity index (χ1n) is 6.90. The molecule has 0 saturated carbocycles. The monoisotopic (exact) mass is 258 g/mol. The fraction of sp³-hybridized carbons (Fsp3) is 0.438. The van der Waals surface area contributed by atoms with E-state index in [0.717, 1.165) is 35.3 Å². The van der Waals surface area contributed by atoms with Gasteiger partial charge in [-0.05, 0) is 37.3 Å². The van der Waals surface area contributed by atoms with Gasteiger partial charge in [-0.2, -0.15) is 5.10 Å². The Morgan fingerprint density at radius 3 is 2.53 bits per heavy atom. The average Bonchev–Trinajstić information content (AvgIpc) is 2.67. The summed E-state index contributed by atoms with van der Waals surface area (Å²) in [5.74, 6) is 0.797. The second-order valence-electron chi connectivity index (χ2n) is 5.40. The third kappa shape index (κ3) is 2.65. The molecular formula is C16H22N2O. The summed E-state index contributed by atoms with van der Waals surface area (Å²) in [7, 11) is 0. The highest BCUT2D eigenvalue weighted by atomic mass is 16.3. The highest BCUT2D eigenvalue weighted by Gasteiger charge is 2.18. The lowest BCUT2D eigenvalue weighted by molar-refractivity contribution is 0.424. The van der Waals surface area contributed by atoms with Crippen LogP contribution in [-0.4, -0.2) is 14.9 Å². The molecule has 0 unspecified atom stereocenters. The third-order valence-electron chi connectivity index (χ3n) is 3.33. The number of hydrogen-bond acceptors (Lipinski definition) is 2. The number of para-hydroxylation sites is 1. The molecule has 0 aliphatic carbocycles. The first-order chi connectivity index (χ1) is 9.04. The molecule has 2 rings (SSSR count). The molecule has 0 atom stereocenters. The van der Waals surface area contributed by atoms with Crippen molar-refractivity contribution in [3.8, 4) is 11.6 Å². The summed E-state index contributed by atoms with van der Waals surface area (Å²) in [6, 6.07) is 7.98. The van der Waals surface area contributed by atoms with E-state index >= 15 is 0 Å². The number of hydrogen-bond donors (Lipinski definition) is 1. The van der Waals surface area contributed by atoms with Gasteiger partial charge in [-0.1, -0.05) is 39.0 Å². The molecule has 0 radical (unpaired) electrons. The molecular weight excluding hydrogens is 236 g/mol. The van der Waals surface area contributed by atoms with E-state index in [0.29, 0.717) is 11.8 Å². The largest absolute Gasteiger partial charge is 0.493 e. The second-order valence-corrected chi connectivity index (χ2v) is 5.40. The van der Waals surface area contributed by atoms with Gasteiger partial charge in [-0.25, -0.2) is 4.68 Å². The van der Waals surface area contributed by atoms with E-state index in [-0.39, 0.29) is 0 Å². The van der Waals surface area contributed by atoms with Gasteiger partial charge in [0.15, 0.2) is 0 Å². The quantitative estimate of drug-likeness (QED) is 0.909. The van der Waals surface area contributed by atoms with Crippen LogP contribution in [0.2, 0.25) is 0 Å². The molecule has 19 heavy (non-hydrogen) atoms. The molecule has 3 nitrogen and oxygen atoms in total. The first kappa shape index (κ1) is 13.7. The zero-order valence-corrected chi connectivity index (χ0v) is 12.1. The lowest BCUT2D eigenvalue weighted by Crippen LogP contribution is -1.99. The zero-order valence-electron chi connectivity index (χ0n) is 12.1. The highest BCUT2D eigenvalue weighted by molar-refractivity contribution is 5.45. The van der Waals surface area contributed by atoms with Crippen molar-refractivity contribution < 1.29 is 5.11 Å². The van der Waals surface area contributed by atoms with Gasteiger partial charge in [-0.15, -0.1) is 0 Å². The van der Waals surface area contributed by atoms with Crippen LogP contribution in [0.3, 0.4) is 0 Å². The van der Waals surface area contributed by atoms with E-state index in [2.05, 4.69) is 25.9 Å². The van der Waals surface area contributed by atoms with Gasteiger partial charge in [0, 0.05) is 5.56 Å². The average molecular weight is 258 g/mol. The highest BCUT2D eigenvalue weighted by Crippen LogP contribution is 2.28. The number of rotatable bonds is 4. The molecule has 0 bridgehead atoms. The van der Waals surface area contributed by atoms with E-state index < -0.39 is 0 Å². The Bertz CT molecular complexity index is 570. The smallest absolute Gasteiger partial charge is 0.217 e. The Kier molecular flexibility index (Phi) is 3.93. The minimum Gasteiger partial charge on any atom is -0.493 e. The van der Waals surface area contributed by atoms with E-state index in [1.807, 2.05) is 31.2 Å². The Morgan fingerprint density at radius 2 is 1.95 bits per heavy atom. The Morgan fingerprint density at radius 1 is 1.26 bits per heavy atom. The van der Waals surface area contributed by atoms with Crippen LogP contribution >= 0.6 is 0 Å². The fourth-order valence-corrected chi connectivity index (χ4v) is 2.36. The summed E-state index contributed by atoms with van der Waals surface area (Å²) in [6.45, 7) is 8.42. The summed E-state index contributed by atoms with van der Waals surface area (Å²) in [5.41, 5.74) is 4.04. The third-order valence-corrected chi connectivity index (χ3v) is 3.33. The molecule has 1 heterocycles. The van der Waals surface area contributed by atoms with Crippen molar-refractivity contribution in [2.75, 3.05) is 0 Å². The summed E-state index contributed by atoms with van der Waals surface area (Å²) < 4.78 is 1.67. The fourth-order valence-electron chi connectivity index (χ4n) is 2.36. The molecule has 1 aromatic heterocycles. The minimum absolute atomic E-state index is 0.292. The molecule has 1 aromatic carbocycles. The summed E-state index contributed by atoms with van der Waals surface area (Å²) in [5, 5.41) is 15.0. The number of aromatic hydroxyl groups is 1. The second kappa shape index (κ2) is 5.47. The lowest BCUT2D eigenvalue weighted by Gasteiger charge is -2.07. The van der Waals surface area contributed by atoms with Crippen LogP contribution in [0.4, 0.5) is 0 Å². The van der Waals surface area contributed by atoms with E-state index in [1.165, 1.54) is 0 Å². The normalized spacial score (nSPS) is 11.2. The molecule has 0 amide bonds. The van der Waals surface area contributed by atoms with Crippen LogP contribution in [-0.2, 0) is 12.8 Å². The molecule has 0 spiro atoms. The van der Waals surface area contributed by atoms with Crippen molar-refractivity contribution in [1.82, 2.24) is 9.78 Å². The molecule has 0 aliphatic rings. The van der Waals surface area contributed by atoms with Crippen LogP contribution in [0.1, 0.15) is 37.6 Å². The summed E-state index contributed by atoms with van der Waals surface area (Å²) in [6.07, 6.45) is 1.70. The standard InChI is InChI=1S/C16H22N2O/c1-5-14-13(10-11(2)3)16(19)18(17-14)15-9-7-6-8-12(15)4/h6-9,11,19H,5,10H2,1-4H3.